The van der Waals surface area contributed by atoms with E-state index in [1.54, 1.807) is 12.1 Å². The van der Waals surface area contributed by atoms with Gasteiger partial charge in [0.15, 0.2) is 0 Å². The standard InChI is InChI=1S/C15H22N2O3S/c1-2-11-16-21(19,20)14-9-7-12(8-10-14)15(18)17-13-5-3-4-6-13/h7-10,13,16H,2-6,11H2,1H3,(H,17,18). The van der Waals surface area contributed by atoms with Crippen molar-refractivity contribution >= 4 is 15.9 Å². The maximum atomic E-state index is 12.1. The van der Waals surface area contributed by atoms with Crippen LogP contribution in [0.4, 0.5) is 0 Å². The van der Waals surface area contributed by atoms with Crippen LogP contribution < -0.4 is 10.0 Å². The van der Waals surface area contributed by atoms with E-state index in [1.165, 1.54) is 12.1 Å². The zero-order chi connectivity index (χ0) is 15.3. The fourth-order valence-electron chi connectivity index (χ4n) is 2.44. The molecule has 0 bridgehead atoms. The van der Waals surface area contributed by atoms with E-state index in [0.29, 0.717) is 12.1 Å². The Labute approximate surface area is 126 Å². The molecule has 0 aromatic heterocycles. The van der Waals surface area contributed by atoms with Crippen molar-refractivity contribution in [3.63, 3.8) is 0 Å². The molecule has 5 nitrogen and oxygen atoms in total. The van der Waals surface area contributed by atoms with Crippen molar-refractivity contribution in [3.05, 3.63) is 29.8 Å². The van der Waals surface area contributed by atoms with Crippen LogP contribution in [-0.4, -0.2) is 26.9 Å². The van der Waals surface area contributed by atoms with Crippen molar-refractivity contribution in [2.45, 2.75) is 50.0 Å². The van der Waals surface area contributed by atoms with E-state index in [4.69, 9.17) is 0 Å². The molecule has 1 saturated carbocycles. The average molecular weight is 310 g/mol. The predicted molar refractivity (Wildman–Crippen MR) is 81.6 cm³/mol. The van der Waals surface area contributed by atoms with Gasteiger partial charge in [-0.05, 0) is 43.5 Å². The number of carbonyl (C=O) groups excluding carboxylic acids is 1. The monoisotopic (exact) mass is 310 g/mol. The average Bonchev–Trinajstić information content (AvgIpc) is 2.98. The van der Waals surface area contributed by atoms with E-state index in [2.05, 4.69) is 10.0 Å². The molecule has 1 aromatic rings. The third-order valence-electron chi connectivity index (χ3n) is 3.66. The molecule has 1 aromatic carbocycles. The van der Waals surface area contributed by atoms with Crippen LogP contribution in [0.1, 0.15) is 49.4 Å². The second-order valence-electron chi connectivity index (χ2n) is 5.38. The molecule has 0 saturated heterocycles. The maximum absolute atomic E-state index is 12.1. The molecule has 6 heteroatoms. The molecule has 1 aliphatic carbocycles. The van der Waals surface area contributed by atoms with Gasteiger partial charge in [-0.3, -0.25) is 4.79 Å². The van der Waals surface area contributed by atoms with Crippen LogP contribution in [0, 0.1) is 0 Å². The lowest BCUT2D eigenvalue weighted by molar-refractivity contribution is 0.0938. The third kappa shape index (κ3) is 4.28. The predicted octanol–water partition coefficient (Wildman–Crippen LogP) is 2.05. The summed E-state index contributed by atoms with van der Waals surface area (Å²) < 4.78 is 26.4. The minimum Gasteiger partial charge on any atom is -0.349 e. The summed E-state index contributed by atoms with van der Waals surface area (Å²) in [6, 6.07) is 6.32. The Morgan fingerprint density at radius 1 is 1.19 bits per heavy atom. The van der Waals surface area contributed by atoms with Gasteiger partial charge in [0.2, 0.25) is 10.0 Å². The first-order valence-corrected chi connectivity index (χ1v) is 8.92. The van der Waals surface area contributed by atoms with Gasteiger partial charge in [0.1, 0.15) is 0 Å². The lowest BCUT2D eigenvalue weighted by atomic mass is 10.2. The summed E-state index contributed by atoms with van der Waals surface area (Å²) >= 11 is 0. The van der Waals surface area contributed by atoms with Crippen molar-refractivity contribution < 1.29 is 13.2 Å². The van der Waals surface area contributed by atoms with Gasteiger partial charge in [-0.2, -0.15) is 0 Å². The van der Waals surface area contributed by atoms with Crippen LogP contribution in [0.3, 0.4) is 0 Å². The number of hydrogen-bond donors (Lipinski definition) is 2. The molecule has 1 aliphatic rings. The summed E-state index contributed by atoms with van der Waals surface area (Å²) in [7, 11) is -3.47. The summed E-state index contributed by atoms with van der Waals surface area (Å²) in [5.41, 5.74) is 0.497. The number of sulfonamides is 1. The molecule has 0 unspecified atom stereocenters. The minimum atomic E-state index is -3.47. The number of rotatable bonds is 6. The van der Waals surface area contributed by atoms with Crippen LogP contribution >= 0.6 is 0 Å². The molecule has 0 radical (unpaired) electrons. The lowest BCUT2D eigenvalue weighted by Crippen LogP contribution is -2.32. The van der Waals surface area contributed by atoms with Crippen molar-refractivity contribution in [2.24, 2.45) is 0 Å². The second-order valence-corrected chi connectivity index (χ2v) is 7.14. The molecule has 0 aliphatic heterocycles. The highest BCUT2D eigenvalue weighted by Crippen LogP contribution is 2.18. The molecule has 1 amide bonds. The third-order valence-corrected chi connectivity index (χ3v) is 5.14. The Morgan fingerprint density at radius 2 is 1.81 bits per heavy atom. The molecule has 116 valence electrons. The molecule has 0 spiro atoms. The summed E-state index contributed by atoms with van der Waals surface area (Å²) in [5.74, 6) is -0.132. The van der Waals surface area contributed by atoms with Gasteiger partial charge in [0.25, 0.3) is 5.91 Å². The lowest BCUT2D eigenvalue weighted by Gasteiger charge is -2.12. The van der Waals surface area contributed by atoms with Crippen LogP contribution in [-0.2, 0) is 10.0 Å². The van der Waals surface area contributed by atoms with Crippen LogP contribution in [0.5, 0.6) is 0 Å². The van der Waals surface area contributed by atoms with Gasteiger partial charge in [0, 0.05) is 18.2 Å². The van der Waals surface area contributed by atoms with E-state index in [9.17, 15) is 13.2 Å². The smallest absolute Gasteiger partial charge is 0.251 e. The fourth-order valence-corrected chi connectivity index (χ4v) is 3.58. The number of hydrogen-bond acceptors (Lipinski definition) is 3. The largest absolute Gasteiger partial charge is 0.349 e. The van der Waals surface area contributed by atoms with Gasteiger partial charge < -0.3 is 5.32 Å². The Kier molecular flexibility index (Phi) is 5.36. The fraction of sp³-hybridized carbons (Fsp3) is 0.533. The van der Waals surface area contributed by atoms with E-state index in [-0.39, 0.29) is 16.8 Å². The summed E-state index contributed by atoms with van der Waals surface area (Å²) in [6.07, 6.45) is 5.11. The van der Waals surface area contributed by atoms with Gasteiger partial charge >= 0.3 is 0 Å². The van der Waals surface area contributed by atoms with E-state index in [0.717, 1.165) is 32.1 Å². The van der Waals surface area contributed by atoms with Gasteiger partial charge in [-0.1, -0.05) is 19.8 Å². The Hall–Kier alpha value is -1.40. The molecule has 0 heterocycles. The van der Waals surface area contributed by atoms with Crippen molar-refractivity contribution in [2.75, 3.05) is 6.54 Å². The topological polar surface area (TPSA) is 75.3 Å². The van der Waals surface area contributed by atoms with Crippen molar-refractivity contribution in [1.82, 2.24) is 10.0 Å². The molecule has 2 N–H and O–H groups in total. The molecule has 2 rings (SSSR count). The molecule has 1 fully saturated rings. The van der Waals surface area contributed by atoms with Crippen LogP contribution in [0.2, 0.25) is 0 Å². The summed E-state index contributed by atoms with van der Waals surface area (Å²) in [5, 5.41) is 2.98. The quantitative estimate of drug-likeness (QED) is 0.844. The minimum absolute atomic E-state index is 0.132. The van der Waals surface area contributed by atoms with Crippen molar-refractivity contribution in [3.8, 4) is 0 Å². The first-order valence-electron chi connectivity index (χ1n) is 7.43. The van der Waals surface area contributed by atoms with Gasteiger partial charge in [-0.25, -0.2) is 13.1 Å². The Bertz CT molecular complexity index is 575. The Morgan fingerprint density at radius 3 is 2.38 bits per heavy atom. The van der Waals surface area contributed by atoms with E-state index < -0.39 is 10.0 Å². The van der Waals surface area contributed by atoms with E-state index >= 15 is 0 Å². The SMILES string of the molecule is CCCNS(=O)(=O)c1ccc(C(=O)NC2CCCC2)cc1. The van der Waals surface area contributed by atoms with Crippen LogP contribution in [0.25, 0.3) is 0 Å². The molecule has 0 atom stereocenters. The number of carbonyl (C=O) groups is 1. The first kappa shape index (κ1) is 16.0. The number of nitrogens with one attached hydrogen (secondary N) is 2. The summed E-state index contributed by atoms with van der Waals surface area (Å²) in [4.78, 5) is 12.2. The highest BCUT2D eigenvalue weighted by Gasteiger charge is 2.19. The Balaban J connectivity index is 2.02. The van der Waals surface area contributed by atoms with Gasteiger partial charge in [-0.15, -0.1) is 0 Å². The first-order chi connectivity index (χ1) is 10.0. The zero-order valence-corrected chi connectivity index (χ0v) is 13.1. The summed E-state index contributed by atoms with van der Waals surface area (Å²) in [6.45, 7) is 2.31. The van der Waals surface area contributed by atoms with Crippen LogP contribution in [0.15, 0.2) is 29.2 Å². The van der Waals surface area contributed by atoms with Crippen molar-refractivity contribution in [1.29, 1.82) is 0 Å². The zero-order valence-electron chi connectivity index (χ0n) is 12.3. The van der Waals surface area contributed by atoms with Gasteiger partial charge in [0.05, 0.1) is 4.90 Å². The highest BCUT2D eigenvalue weighted by molar-refractivity contribution is 7.89. The normalized spacial score (nSPS) is 16.0. The second kappa shape index (κ2) is 7.04. The maximum Gasteiger partial charge on any atom is 0.251 e. The molecular formula is C15H22N2O3S. The number of amides is 1. The molecular weight excluding hydrogens is 288 g/mol. The molecule has 21 heavy (non-hydrogen) atoms. The highest BCUT2D eigenvalue weighted by atomic mass is 32.2. The number of benzene rings is 1. The van der Waals surface area contributed by atoms with E-state index in [1.807, 2.05) is 6.92 Å².